The predicted octanol–water partition coefficient (Wildman–Crippen LogP) is 3.42. The number of Topliss-reactive ketones (excluding diaryl/α,β-unsaturated/α-hetero) is 1. The van der Waals surface area contributed by atoms with Crippen LogP contribution < -0.4 is 0 Å². The Morgan fingerprint density at radius 3 is 2.16 bits per heavy atom. The SMILES string of the molecule is CC(=O)OC1C2C(CC[C@@]3(C)C2CCC32OCCO2)[C@@]2(C)CCC(=O)CC2[C@H]1OC(C)=O. The van der Waals surface area contributed by atoms with Gasteiger partial charge in [-0.3, -0.25) is 14.4 Å². The molecule has 178 valence electrons. The first-order chi connectivity index (χ1) is 15.1. The summed E-state index contributed by atoms with van der Waals surface area (Å²) in [4.78, 5) is 36.9. The molecule has 0 N–H and O–H groups in total. The Labute approximate surface area is 189 Å². The van der Waals surface area contributed by atoms with Crippen molar-refractivity contribution < 1.29 is 33.3 Å². The maximum absolute atomic E-state index is 12.5. The minimum absolute atomic E-state index is 0.0450. The van der Waals surface area contributed by atoms with Gasteiger partial charge >= 0.3 is 11.9 Å². The quantitative estimate of drug-likeness (QED) is 0.598. The minimum Gasteiger partial charge on any atom is -0.458 e. The summed E-state index contributed by atoms with van der Waals surface area (Å²) in [6.07, 6.45) is 4.32. The van der Waals surface area contributed by atoms with E-state index in [0.29, 0.717) is 32.0 Å². The molecule has 0 amide bonds. The summed E-state index contributed by atoms with van der Waals surface area (Å²) in [5, 5.41) is 0. The zero-order valence-corrected chi connectivity index (χ0v) is 19.7. The average Bonchev–Trinajstić information content (AvgIpc) is 3.31. The third kappa shape index (κ3) is 3.03. The molecule has 1 aliphatic heterocycles. The van der Waals surface area contributed by atoms with Gasteiger partial charge in [0, 0.05) is 50.4 Å². The van der Waals surface area contributed by atoms with Crippen molar-refractivity contribution in [2.75, 3.05) is 13.2 Å². The molecule has 1 saturated heterocycles. The number of esters is 2. The lowest BCUT2D eigenvalue weighted by Gasteiger charge is -2.63. The van der Waals surface area contributed by atoms with E-state index < -0.39 is 24.0 Å². The Hall–Kier alpha value is -1.47. The predicted molar refractivity (Wildman–Crippen MR) is 113 cm³/mol. The lowest BCUT2D eigenvalue weighted by molar-refractivity contribution is -0.270. The Balaban J connectivity index is 1.60. The first-order valence-corrected chi connectivity index (χ1v) is 12.3. The highest BCUT2D eigenvalue weighted by molar-refractivity contribution is 5.80. The van der Waals surface area contributed by atoms with Gasteiger partial charge in [-0.2, -0.15) is 0 Å². The molecule has 5 unspecified atom stereocenters. The zero-order chi connectivity index (χ0) is 22.9. The molecule has 0 bridgehead atoms. The molecule has 5 rings (SSSR count). The monoisotopic (exact) mass is 448 g/mol. The van der Waals surface area contributed by atoms with Gasteiger partial charge in [0.25, 0.3) is 0 Å². The lowest BCUT2D eigenvalue weighted by Crippen LogP contribution is -2.66. The standard InChI is InChI=1S/C25H36O7/c1-14(26)31-21-19-13-16(28)5-8-23(19,3)17-6-9-24(4)18(20(17)22(21)32-15(2)27)7-10-25(24)29-11-12-30-25/h17-22H,5-13H2,1-4H3/t17?,18?,19?,20?,21-,22?,23-,24+/m1/s1. The molecule has 4 aliphatic carbocycles. The van der Waals surface area contributed by atoms with Crippen LogP contribution in [0.25, 0.3) is 0 Å². The molecule has 32 heavy (non-hydrogen) atoms. The van der Waals surface area contributed by atoms with Crippen LogP contribution in [0.15, 0.2) is 0 Å². The highest BCUT2D eigenvalue weighted by atomic mass is 16.7. The second-order valence-electron chi connectivity index (χ2n) is 11.2. The van der Waals surface area contributed by atoms with E-state index in [0.717, 1.165) is 32.1 Å². The van der Waals surface area contributed by atoms with E-state index in [2.05, 4.69) is 13.8 Å². The van der Waals surface area contributed by atoms with Crippen molar-refractivity contribution in [1.29, 1.82) is 0 Å². The van der Waals surface area contributed by atoms with Crippen LogP contribution in [-0.2, 0) is 33.3 Å². The summed E-state index contributed by atoms with van der Waals surface area (Å²) in [6, 6.07) is 0. The van der Waals surface area contributed by atoms with Gasteiger partial charge in [0.1, 0.15) is 18.0 Å². The summed E-state index contributed by atoms with van der Waals surface area (Å²) in [7, 11) is 0. The Bertz CT molecular complexity index is 817. The van der Waals surface area contributed by atoms with Gasteiger partial charge in [0.2, 0.25) is 0 Å². The molecule has 1 spiro atoms. The highest BCUT2D eigenvalue weighted by Gasteiger charge is 2.71. The third-order valence-electron chi connectivity index (χ3n) is 9.92. The second-order valence-corrected chi connectivity index (χ2v) is 11.2. The maximum atomic E-state index is 12.5. The van der Waals surface area contributed by atoms with Gasteiger partial charge in [-0.15, -0.1) is 0 Å². The normalized spacial score (nSPS) is 46.8. The largest absolute Gasteiger partial charge is 0.458 e. The molecule has 7 heteroatoms. The van der Waals surface area contributed by atoms with E-state index in [9.17, 15) is 14.4 Å². The van der Waals surface area contributed by atoms with E-state index in [4.69, 9.17) is 18.9 Å². The molecule has 4 saturated carbocycles. The van der Waals surface area contributed by atoms with Crippen molar-refractivity contribution in [3.8, 4) is 0 Å². The molecule has 5 fully saturated rings. The fourth-order valence-electron chi connectivity index (χ4n) is 8.56. The first kappa shape index (κ1) is 22.3. The summed E-state index contributed by atoms with van der Waals surface area (Å²) < 4.78 is 24.4. The van der Waals surface area contributed by atoms with Crippen molar-refractivity contribution in [2.24, 2.45) is 34.5 Å². The van der Waals surface area contributed by atoms with Crippen LogP contribution in [-0.4, -0.2) is 48.9 Å². The first-order valence-electron chi connectivity index (χ1n) is 12.3. The molecule has 0 radical (unpaired) electrons. The molecule has 7 nitrogen and oxygen atoms in total. The highest BCUT2D eigenvalue weighted by Crippen LogP contribution is 2.70. The molecule has 0 aromatic rings. The number of carbonyl (C=O) groups excluding carboxylic acids is 3. The van der Waals surface area contributed by atoms with Crippen molar-refractivity contribution in [3.63, 3.8) is 0 Å². The van der Waals surface area contributed by atoms with Crippen molar-refractivity contribution in [2.45, 2.75) is 90.6 Å². The number of ether oxygens (including phenoxy) is 4. The van der Waals surface area contributed by atoms with E-state index in [-0.39, 0.29) is 40.3 Å². The number of ketones is 1. The number of hydrogen-bond donors (Lipinski definition) is 0. The van der Waals surface area contributed by atoms with E-state index in [1.54, 1.807) is 0 Å². The van der Waals surface area contributed by atoms with Crippen LogP contribution in [0.3, 0.4) is 0 Å². The van der Waals surface area contributed by atoms with Crippen molar-refractivity contribution in [3.05, 3.63) is 0 Å². The van der Waals surface area contributed by atoms with Gasteiger partial charge in [0.05, 0.1) is 13.2 Å². The number of carbonyl (C=O) groups is 3. The van der Waals surface area contributed by atoms with Crippen LogP contribution in [0, 0.1) is 34.5 Å². The van der Waals surface area contributed by atoms with Crippen LogP contribution >= 0.6 is 0 Å². The fraction of sp³-hybridized carbons (Fsp3) is 0.880. The third-order valence-corrected chi connectivity index (χ3v) is 9.92. The van der Waals surface area contributed by atoms with E-state index in [1.807, 2.05) is 0 Å². The summed E-state index contributed by atoms with van der Waals surface area (Å²) in [6.45, 7) is 8.59. The summed E-state index contributed by atoms with van der Waals surface area (Å²) >= 11 is 0. The fourth-order valence-corrected chi connectivity index (χ4v) is 8.56. The maximum Gasteiger partial charge on any atom is 0.303 e. The van der Waals surface area contributed by atoms with Gasteiger partial charge < -0.3 is 18.9 Å². The van der Waals surface area contributed by atoms with Gasteiger partial charge in [-0.1, -0.05) is 13.8 Å². The Morgan fingerprint density at radius 1 is 0.875 bits per heavy atom. The van der Waals surface area contributed by atoms with Crippen LogP contribution in [0.1, 0.15) is 72.6 Å². The lowest BCUT2D eigenvalue weighted by atomic mass is 9.43. The van der Waals surface area contributed by atoms with Crippen molar-refractivity contribution >= 4 is 17.7 Å². The molecule has 0 aromatic heterocycles. The number of fused-ring (bicyclic) bond motifs is 6. The van der Waals surface area contributed by atoms with Crippen LogP contribution in [0.4, 0.5) is 0 Å². The smallest absolute Gasteiger partial charge is 0.303 e. The molecule has 1 heterocycles. The minimum atomic E-state index is -0.601. The Morgan fingerprint density at radius 2 is 1.50 bits per heavy atom. The number of hydrogen-bond acceptors (Lipinski definition) is 7. The Kier molecular flexibility index (Phi) is 5.25. The molecular formula is C25H36O7. The van der Waals surface area contributed by atoms with Crippen molar-refractivity contribution in [1.82, 2.24) is 0 Å². The topological polar surface area (TPSA) is 88.1 Å². The van der Waals surface area contributed by atoms with Crippen LogP contribution in [0.5, 0.6) is 0 Å². The molecule has 5 aliphatic rings. The summed E-state index contributed by atoms with van der Waals surface area (Å²) in [5.41, 5.74) is -0.318. The van der Waals surface area contributed by atoms with E-state index in [1.165, 1.54) is 13.8 Å². The second kappa shape index (κ2) is 7.52. The zero-order valence-electron chi connectivity index (χ0n) is 19.7. The molecule has 8 atom stereocenters. The summed E-state index contributed by atoms with van der Waals surface area (Å²) in [5.74, 6) is -0.678. The average molecular weight is 449 g/mol. The van der Waals surface area contributed by atoms with Gasteiger partial charge in [0.15, 0.2) is 5.79 Å². The molecular weight excluding hydrogens is 412 g/mol. The number of rotatable bonds is 2. The molecule has 0 aromatic carbocycles. The van der Waals surface area contributed by atoms with Crippen LogP contribution in [0.2, 0.25) is 0 Å². The van der Waals surface area contributed by atoms with E-state index >= 15 is 0 Å². The van der Waals surface area contributed by atoms with Gasteiger partial charge in [-0.25, -0.2) is 0 Å². The van der Waals surface area contributed by atoms with Gasteiger partial charge in [-0.05, 0) is 42.9 Å².